The van der Waals surface area contributed by atoms with Crippen LogP contribution in [0.25, 0.3) is 0 Å². The first-order chi connectivity index (χ1) is 5.60. The second-order valence-corrected chi connectivity index (χ2v) is 5.33. The van der Waals surface area contributed by atoms with Gasteiger partial charge < -0.3 is 0 Å². The Morgan fingerprint density at radius 3 is 1.54 bits per heavy atom. The van der Waals surface area contributed by atoms with E-state index in [9.17, 15) is 13.2 Å². The summed E-state index contributed by atoms with van der Waals surface area (Å²) in [5.41, 5.74) is -2.16. The van der Waals surface area contributed by atoms with Gasteiger partial charge >= 0.3 is 6.18 Å². The third kappa shape index (κ3) is 1.20. The molecule has 0 amide bonds. The highest BCUT2D eigenvalue weighted by molar-refractivity contribution is 6.57. The molecular weight excluding hydrogens is 247 g/mol. The maximum Gasteiger partial charge on any atom is 0.399 e. The molecule has 0 saturated heterocycles. The summed E-state index contributed by atoms with van der Waals surface area (Å²) < 4.78 is 36.0. The third-order valence-corrected chi connectivity index (χ3v) is 4.52. The molecule has 13 heavy (non-hydrogen) atoms. The van der Waals surface area contributed by atoms with Crippen molar-refractivity contribution in [3.8, 4) is 0 Å². The summed E-state index contributed by atoms with van der Waals surface area (Å²) in [4.78, 5) is 0. The van der Waals surface area contributed by atoms with Crippen LogP contribution in [0.2, 0.25) is 0 Å². The summed E-state index contributed by atoms with van der Waals surface area (Å²) in [5.74, 6) is -0.731. The Morgan fingerprint density at radius 1 is 1.23 bits per heavy atom. The fourth-order valence-corrected chi connectivity index (χ4v) is 3.60. The minimum atomic E-state index is -4.46. The summed E-state index contributed by atoms with van der Waals surface area (Å²) in [6.07, 6.45) is -4.46. The lowest BCUT2D eigenvalue weighted by molar-refractivity contribution is -0.199. The van der Waals surface area contributed by atoms with Crippen molar-refractivity contribution >= 4 is 34.8 Å². The molecular formula is C7H8Cl3F3. The number of halogens is 6. The lowest BCUT2D eigenvalue weighted by Gasteiger charge is -2.24. The van der Waals surface area contributed by atoms with Gasteiger partial charge in [0.2, 0.25) is 0 Å². The van der Waals surface area contributed by atoms with Crippen molar-refractivity contribution in [3.05, 3.63) is 0 Å². The molecule has 0 aliphatic heterocycles. The molecule has 0 radical (unpaired) electrons. The van der Waals surface area contributed by atoms with Gasteiger partial charge in [-0.25, -0.2) is 0 Å². The monoisotopic (exact) mass is 254 g/mol. The fourth-order valence-electron chi connectivity index (χ4n) is 1.72. The number of hydrogen-bond donors (Lipinski definition) is 0. The minimum Gasteiger partial charge on any atom is -0.170 e. The highest BCUT2D eigenvalue weighted by atomic mass is 35.5. The second kappa shape index (κ2) is 2.83. The van der Waals surface area contributed by atoms with Crippen LogP contribution >= 0.6 is 34.8 Å². The normalized spacial score (nSPS) is 38.1. The van der Waals surface area contributed by atoms with Gasteiger partial charge in [-0.15, -0.1) is 11.6 Å². The van der Waals surface area contributed by atoms with E-state index >= 15 is 0 Å². The highest BCUT2D eigenvalue weighted by Gasteiger charge is 2.87. The lowest BCUT2D eigenvalue weighted by atomic mass is 9.91. The molecule has 0 N–H and O–H groups in total. The van der Waals surface area contributed by atoms with E-state index in [4.69, 9.17) is 34.8 Å². The van der Waals surface area contributed by atoms with Crippen molar-refractivity contribution in [2.24, 2.45) is 11.3 Å². The molecule has 0 aromatic heterocycles. The van der Waals surface area contributed by atoms with E-state index in [1.54, 1.807) is 0 Å². The molecule has 1 aliphatic rings. The molecule has 0 spiro atoms. The molecule has 0 nitrogen and oxygen atoms in total. The van der Waals surface area contributed by atoms with Crippen LogP contribution in [0.15, 0.2) is 0 Å². The predicted molar refractivity (Wildman–Crippen MR) is 47.4 cm³/mol. The molecule has 78 valence electrons. The predicted octanol–water partition coefficient (Wildman–Crippen LogP) is 3.99. The summed E-state index contributed by atoms with van der Waals surface area (Å²) in [6.45, 7) is 2.82. The first-order valence-electron chi connectivity index (χ1n) is 3.68. The number of alkyl halides is 6. The van der Waals surface area contributed by atoms with E-state index in [0.717, 1.165) is 0 Å². The standard InChI is InChI=1S/C7H8Cl3F3/c1-3(2)5(7(11,12)13)4(8)6(5,9)10/h3-4H,1-2H3. The average molecular weight is 255 g/mol. The Bertz CT molecular complexity index is 211. The van der Waals surface area contributed by atoms with Gasteiger partial charge in [-0.2, -0.15) is 13.2 Å². The van der Waals surface area contributed by atoms with Crippen LogP contribution in [0, 0.1) is 11.3 Å². The zero-order valence-corrected chi connectivity index (χ0v) is 9.19. The van der Waals surface area contributed by atoms with Gasteiger partial charge in [-0.05, 0) is 5.92 Å². The summed E-state index contributed by atoms with van der Waals surface area (Å²) in [5, 5.41) is -1.26. The van der Waals surface area contributed by atoms with Crippen LogP contribution in [-0.2, 0) is 0 Å². The molecule has 1 rings (SSSR count). The largest absolute Gasteiger partial charge is 0.399 e. The SMILES string of the molecule is CC(C)C1(C(F)(F)F)C(Cl)C1(Cl)Cl. The molecule has 0 aromatic rings. The van der Waals surface area contributed by atoms with Crippen molar-refractivity contribution < 1.29 is 13.2 Å². The van der Waals surface area contributed by atoms with Crippen LogP contribution in [-0.4, -0.2) is 15.9 Å². The first-order valence-corrected chi connectivity index (χ1v) is 4.88. The zero-order valence-electron chi connectivity index (χ0n) is 6.92. The number of rotatable bonds is 1. The second-order valence-electron chi connectivity index (χ2n) is 3.51. The lowest BCUT2D eigenvalue weighted by Crippen LogP contribution is -2.35. The molecule has 0 aromatic carbocycles. The van der Waals surface area contributed by atoms with Gasteiger partial charge in [0.1, 0.15) is 5.41 Å². The van der Waals surface area contributed by atoms with E-state index in [2.05, 4.69) is 0 Å². The molecule has 0 heterocycles. The van der Waals surface area contributed by atoms with Crippen molar-refractivity contribution in [3.63, 3.8) is 0 Å². The van der Waals surface area contributed by atoms with E-state index in [1.807, 2.05) is 0 Å². The summed E-state index contributed by atoms with van der Waals surface area (Å²) >= 11 is 16.5. The molecule has 0 bridgehead atoms. The van der Waals surface area contributed by atoms with Gasteiger partial charge in [-0.1, -0.05) is 37.0 Å². The topological polar surface area (TPSA) is 0 Å². The Labute approximate surface area is 89.3 Å². The van der Waals surface area contributed by atoms with Crippen LogP contribution in [0.5, 0.6) is 0 Å². The molecule has 1 aliphatic carbocycles. The van der Waals surface area contributed by atoms with Gasteiger partial charge in [-0.3, -0.25) is 0 Å². The fraction of sp³-hybridized carbons (Fsp3) is 1.00. The number of hydrogen-bond acceptors (Lipinski definition) is 0. The molecule has 2 unspecified atom stereocenters. The minimum absolute atomic E-state index is 0.731. The molecule has 1 saturated carbocycles. The van der Waals surface area contributed by atoms with Gasteiger partial charge in [0.05, 0.1) is 5.38 Å². The maximum atomic E-state index is 12.6. The van der Waals surface area contributed by atoms with E-state index < -0.39 is 27.2 Å². The van der Waals surface area contributed by atoms with E-state index in [0.29, 0.717) is 0 Å². The zero-order chi connectivity index (χ0) is 10.7. The van der Waals surface area contributed by atoms with Crippen molar-refractivity contribution in [2.75, 3.05) is 0 Å². The Balaban J connectivity index is 3.10. The Hall–Kier alpha value is 0.660. The quantitative estimate of drug-likeness (QED) is 0.622. The smallest absolute Gasteiger partial charge is 0.170 e. The first kappa shape index (κ1) is 11.7. The van der Waals surface area contributed by atoms with Crippen LogP contribution in [0.3, 0.4) is 0 Å². The summed E-state index contributed by atoms with van der Waals surface area (Å²) in [6, 6.07) is 0. The molecule has 6 heteroatoms. The van der Waals surface area contributed by atoms with Gasteiger partial charge in [0, 0.05) is 0 Å². The van der Waals surface area contributed by atoms with E-state index in [1.165, 1.54) is 13.8 Å². The van der Waals surface area contributed by atoms with Crippen LogP contribution in [0.1, 0.15) is 13.8 Å². The average Bonchev–Trinajstić information content (AvgIpc) is 2.26. The molecule has 2 atom stereocenters. The third-order valence-electron chi connectivity index (χ3n) is 2.57. The maximum absolute atomic E-state index is 12.6. The van der Waals surface area contributed by atoms with Crippen molar-refractivity contribution in [1.29, 1.82) is 0 Å². The summed E-state index contributed by atoms with van der Waals surface area (Å²) in [7, 11) is 0. The van der Waals surface area contributed by atoms with E-state index in [-0.39, 0.29) is 0 Å². The molecule has 1 fully saturated rings. The Kier molecular flexibility index (Phi) is 2.55. The van der Waals surface area contributed by atoms with Crippen molar-refractivity contribution in [1.82, 2.24) is 0 Å². The van der Waals surface area contributed by atoms with Gasteiger partial charge in [0.25, 0.3) is 0 Å². The van der Waals surface area contributed by atoms with Crippen LogP contribution < -0.4 is 0 Å². The van der Waals surface area contributed by atoms with Crippen LogP contribution in [0.4, 0.5) is 13.2 Å². The van der Waals surface area contributed by atoms with Crippen molar-refractivity contribution in [2.45, 2.75) is 29.7 Å². The highest BCUT2D eigenvalue weighted by Crippen LogP contribution is 2.76. The Morgan fingerprint density at radius 2 is 1.54 bits per heavy atom. The van der Waals surface area contributed by atoms with Gasteiger partial charge in [0.15, 0.2) is 4.33 Å².